The predicted molar refractivity (Wildman–Crippen MR) is 81.2 cm³/mol. The van der Waals surface area contributed by atoms with E-state index in [-0.39, 0.29) is 21.9 Å². The van der Waals surface area contributed by atoms with Crippen LogP contribution in [0.25, 0.3) is 0 Å². The topological polar surface area (TPSA) is 81.4 Å². The molecule has 0 spiro atoms. The molecule has 0 radical (unpaired) electrons. The Morgan fingerprint density at radius 2 is 1.95 bits per heavy atom. The fraction of sp³-hybridized carbons (Fsp3) is 0.571. The van der Waals surface area contributed by atoms with Crippen LogP contribution in [0.3, 0.4) is 0 Å². The highest BCUT2D eigenvalue weighted by Gasteiger charge is 2.24. The third kappa shape index (κ3) is 4.11. The van der Waals surface area contributed by atoms with E-state index >= 15 is 0 Å². The van der Waals surface area contributed by atoms with Crippen molar-refractivity contribution in [2.24, 2.45) is 11.3 Å². The van der Waals surface area contributed by atoms with Crippen LogP contribution in [0.2, 0.25) is 0 Å². The first-order chi connectivity index (χ1) is 9.08. The second-order valence-electron chi connectivity index (χ2n) is 6.02. The van der Waals surface area contributed by atoms with E-state index in [1.165, 1.54) is 19.2 Å². The smallest absolute Gasteiger partial charge is 0.242 e. The van der Waals surface area contributed by atoms with Crippen LogP contribution in [0.5, 0.6) is 5.75 Å². The second kappa shape index (κ2) is 6.01. The summed E-state index contributed by atoms with van der Waals surface area (Å²) in [5, 5.41) is 0. The third-order valence-corrected chi connectivity index (χ3v) is 5.06. The zero-order valence-electron chi connectivity index (χ0n) is 12.7. The molecule has 1 aromatic rings. The Morgan fingerprint density at radius 3 is 2.40 bits per heavy atom. The van der Waals surface area contributed by atoms with Crippen LogP contribution in [0.15, 0.2) is 23.1 Å². The van der Waals surface area contributed by atoms with Crippen LogP contribution in [0.4, 0.5) is 5.69 Å². The van der Waals surface area contributed by atoms with E-state index in [1.54, 1.807) is 6.07 Å². The minimum absolute atomic E-state index is 0.0357. The highest BCUT2D eigenvalue weighted by Crippen LogP contribution is 2.26. The summed E-state index contributed by atoms with van der Waals surface area (Å²) in [6, 6.07) is 4.54. The van der Waals surface area contributed by atoms with Gasteiger partial charge in [-0.15, -0.1) is 0 Å². The van der Waals surface area contributed by atoms with Gasteiger partial charge in [-0.25, -0.2) is 13.1 Å². The highest BCUT2D eigenvalue weighted by atomic mass is 32.2. The number of benzene rings is 1. The van der Waals surface area contributed by atoms with Gasteiger partial charge in [-0.05, 0) is 23.5 Å². The second-order valence-corrected chi connectivity index (χ2v) is 7.76. The van der Waals surface area contributed by atoms with Crippen molar-refractivity contribution in [3.05, 3.63) is 18.2 Å². The molecule has 1 atom stereocenters. The molecule has 0 heterocycles. The Balaban J connectivity index is 2.90. The summed E-state index contributed by atoms with van der Waals surface area (Å²) >= 11 is 0. The molecule has 20 heavy (non-hydrogen) atoms. The van der Waals surface area contributed by atoms with Gasteiger partial charge in [0.05, 0.1) is 12.8 Å². The number of anilines is 1. The number of ether oxygens (including phenoxy) is 1. The molecule has 6 heteroatoms. The molecule has 0 saturated carbocycles. The summed E-state index contributed by atoms with van der Waals surface area (Å²) in [6.07, 6.45) is 0. The van der Waals surface area contributed by atoms with Gasteiger partial charge in [0.15, 0.2) is 0 Å². The van der Waals surface area contributed by atoms with Gasteiger partial charge in [-0.2, -0.15) is 0 Å². The molecule has 0 aliphatic heterocycles. The van der Waals surface area contributed by atoms with Crippen molar-refractivity contribution in [2.45, 2.75) is 32.6 Å². The average molecular weight is 300 g/mol. The molecule has 0 aliphatic carbocycles. The molecule has 1 aromatic carbocycles. The maximum Gasteiger partial charge on any atom is 0.242 e. The predicted octanol–water partition coefficient (Wildman–Crippen LogP) is 2.24. The standard InChI is InChI=1S/C14H24N2O3S/c1-10(14(2,3)4)9-16-20(17,18)13-7-6-11(19-5)8-12(13)15/h6-8,10,16H,9,15H2,1-5H3. The Bertz CT molecular complexity index is 562. The van der Waals surface area contributed by atoms with Crippen LogP contribution in [0.1, 0.15) is 27.7 Å². The lowest BCUT2D eigenvalue weighted by atomic mass is 9.82. The van der Waals surface area contributed by atoms with Gasteiger partial charge in [-0.1, -0.05) is 27.7 Å². The fourth-order valence-corrected chi connectivity index (χ4v) is 2.76. The SMILES string of the molecule is COc1ccc(S(=O)(=O)NCC(C)C(C)(C)C)c(N)c1. The number of sulfonamides is 1. The van der Waals surface area contributed by atoms with Crippen LogP contribution in [-0.2, 0) is 10.0 Å². The van der Waals surface area contributed by atoms with Crippen molar-refractivity contribution in [3.8, 4) is 5.75 Å². The first-order valence-electron chi connectivity index (χ1n) is 6.51. The Kier molecular flexibility index (Phi) is 5.05. The zero-order valence-corrected chi connectivity index (χ0v) is 13.5. The van der Waals surface area contributed by atoms with E-state index in [2.05, 4.69) is 25.5 Å². The number of nitrogens with two attached hydrogens (primary N) is 1. The summed E-state index contributed by atoms with van der Waals surface area (Å²) in [7, 11) is -2.10. The first-order valence-corrected chi connectivity index (χ1v) is 7.99. The quantitative estimate of drug-likeness (QED) is 0.817. The summed E-state index contributed by atoms with van der Waals surface area (Å²) in [6.45, 7) is 8.62. The lowest BCUT2D eigenvalue weighted by Crippen LogP contribution is -2.34. The van der Waals surface area contributed by atoms with Crippen LogP contribution in [-0.4, -0.2) is 22.1 Å². The lowest BCUT2D eigenvalue weighted by molar-refractivity contribution is 0.263. The molecule has 3 N–H and O–H groups in total. The van der Waals surface area contributed by atoms with Gasteiger partial charge >= 0.3 is 0 Å². The monoisotopic (exact) mass is 300 g/mol. The number of nitrogens with one attached hydrogen (secondary N) is 1. The van der Waals surface area contributed by atoms with E-state index in [4.69, 9.17) is 10.5 Å². The normalized spacial score (nSPS) is 14.1. The van der Waals surface area contributed by atoms with E-state index in [9.17, 15) is 8.42 Å². The van der Waals surface area contributed by atoms with Crippen molar-refractivity contribution >= 4 is 15.7 Å². The molecule has 1 rings (SSSR count). The maximum atomic E-state index is 12.3. The van der Waals surface area contributed by atoms with Crippen LogP contribution < -0.4 is 15.2 Å². The van der Waals surface area contributed by atoms with Crippen molar-refractivity contribution in [2.75, 3.05) is 19.4 Å². The van der Waals surface area contributed by atoms with Crippen molar-refractivity contribution in [1.82, 2.24) is 4.72 Å². The summed E-state index contributed by atoms with van der Waals surface area (Å²) < 4.78 is 32.1. The molecule has 0 fully saturated rings. The molecule has 0 amide bonds. The molecule has 0 aliphatic rings. The molecule has 5 nitrogen and oxygen atoms in total. The Hall–Kier alpha value is -1.27. The van der Waals surface area contributed by atoms with Gasteiger partial charge in [0.25, 0.3) is 0 Å². The Morgan fingerprint density at radius 1 is 1.35 bits per heavy atom. The van der Waals surface area contributed by atoms with Gasteiger partial charge in [0.1, 0.15) is 10.6 Å². The Labute approximate surface area is 121 Å². The molecular weight excluding hydrogens is 276 g/mol. The largest absolute Gasteiger partial charge is 0.497 e. The number of hydrogen-bond donors (Lipinski definition) is 2. The van der Waals surface area contributed by atoms with E-state index in [1.807, 2.05) is 6.92 Å². The average Bonchev–Trinajstić information content (AvgIpc) is 2.34. The first kappa shape index (κ1) is 16.8. The molecule has 1 unspecified atom stereocenters. The summed E-state index contributed by atoms with van der Waals surface area (Å²) in [5.41, 5.74) is 5.99. The number of nitrogen functional groups attached to an aromatic ring is 1. The summed E-state index contributed by atoms with van der Waals surface area (Å²) in [5.74, 6) is 0.737. The van der Waals surface area contributed by atoms with Gasteiger partial charge < -0.3 is 10.5 Å². The van der Waals surface area contributed by atoms with Crippen molar-refractivity contribution in [1.29, 1.82) is 0 Å². The molecule has 0 saturated heterocycles. The highest BCUT2D eigenvalue weighted by molar-refractivity contribution is 7.89. The number of methoxy groups -OCH3 is 1. The van der Waals surface area contributed by atoms with E-state index in [0.29, 0.717) is 12.3 Å². The third-order valence-electron chi connectivity index (χ3n) is 3.56. The number of rotatable bonds is 5. The molecule has 114 valence electrons. The molecule has 0 aromatic heterocycles. The number of hydrogen-bond acceptors (Lipinski definition) is 4. The minimum Gasteiger partial charge on any atom is -0.497 e. The fourth-order valence-electron chi connectivity index (χ4n) is 1.52. The lowest BCUT2D eigenvalue weighted by Gasteiger charge is -2.27. The van der Waals surface area contributed by atoms with Crippen LogP contribution in [0, 0.1) is 11.3 Å². The van der Waals surface area contributed by atoms with Crippen LogP contribution >= 0.6 is 0 Å². The molecule has 0 bridgehead atoms. The molecular formula is C14H24N2O3S. The van der Waals surface area contributed by atoms with E-state index < -0.39 is 10.0 Å². The summed E-state index contributed by atoms with van der Waals surface area (Å²) in [4.78, 5) is 0.0828. The zero-order chi connectivity index (χ0) is 15.6. The van der Waals surface area contributed by atoms with Gasteiger partial charge in [0.2, 0.25) is 10.0 Å². The van der Waals surface area contributed by atoms with E-state index in [0.717, 1.165) is 0 Å². The maximum absolute atomic E-state index is 12.3. The minimum atomic E-state index is -3.60. The van der Waals surface area contributed by atoms with Crippen molar-refractivity contribution in [3.63, 3.8) is 0 Å². The van der Waals surface area contributed by atoms with Crippen molar-refractivity contribution < 1.29 is 13.2 Å². The van der Waals surface area contributed by atoms with Gasteiger partial charge in [0, 0.05) is 12.6 Å². The van der Waals surface area contributed by atoms with Gasteiger partial charge in [-0.3, -0.25) is 0 Å².